The molecule has 2 unspecified atom stereocenters. The minimum absolute atomic E-state index is 0.0334. The average Bonchev–Trinajstić information content (AvgIpc) is 3.35. The summed E-state index contributed by atoms with van der Waals surface area (Å²) in [5, 5.41) is 11.6. The normalized spacial score (nSPS) is 17.8. The zero-order valence-corrected chi connectivity index (χ0v) is 13.9. The Morgan fingerprint density at radius 3 is 2.60 bits per heavy atom. The van der Waals surface area contributed by atoms with Gasteiger partial charge in [0.25, 0.3) is 5.91 Å². The molecule has 3 amide bonds. The van der Waals surface area contributed by atoms with E-state index in [4.69, 9.17) is 10.00 Å². The van der Waals surface area contributed by atoms with Gasteiger partial charge in [-0.1, -0.05) is 19.1 Å². The Kier molecular flexibility index (Phi) is 6.34. The Morgan fingerprint density at radius 2 is 1.92 bits per heavy atom. The van der Waals surface area contributed by atoms with Crippen LogP contribution in [0.2, 0.25) is 0 Å². The molecular formula is C17H20N4O4. The zero-order valence-electron chi connectivity index (χ0n) is 13.9. The van der Waals surface area contributed by atoms with Crippen molar-refractivity contribution in [2.45, 2.75) is 19.8 Å². The number of rotatable bonds is 7. The molecule has 1 aromatic rings. The summed E-state index contributed by atoms with van der Waals surface area (Å²) in [4.78, 5) is 34.8. The van der Waals surface area contributed by atoms with Crippen LogP contribution in [0.25, 0.3) is 0 Å². The van der Waals surface area contributed by atoms with Gasteiger partial charge >= 0.3 is 0 Å². The number of carbonyl (C=O) groups excluding carboxylic acids is 3. The van der Waals surface area contributed by atoms with Crippen LogP contribution in [0, 0.1) is 23.2 Å². The van der Waals surface area contributed by atoms with Crippen molar-refractivity contribution in [3.63, 3.8) is 0 Å². The van der Waals surface area contributed by atoms with E-state index in [2.05, 4.69) is 16.2 Å². The van der Waals surface area contributed by atoms with Crippen LogP contribution in [-0.4, -0.2) is 30.9 Å². The second-order valence-electron chi connectivity index (χ2n) is 5.85. The van der Waals surface area contributed by atoms with Gasteiger partial charge in [-0.2, -0.15) is 5.26 Å². The maximum Gasteiger partial charge on any atom is 0.276 e. The van der Waals surface area contributed by atoms with Crippen LogP contribution in [0.3, 0.4) is 0 Å². The molecule has 1 fully saturated rings. The summed E-state index contributed by atoms with van der Waals surface area (Å²) < 4.78 is 5.24. The molecule has 0 heterocycles. The van der Waals surface area contributed by atoms with Crippen LogP contribution in [0.4, 0.5) is 0 Å². The van der Waals surface area contributed by atoms with E-state index >= 15 is 0 Å². The predicted molar refractivity (Wildman–Crippen MR) is 87.8 cm³/mol. The van der Waals surface area contributed by atoms with Crippen molar-refractivity contribution < 1.29 is 19.1 Å². The highest BCUT2D eigenvalue weighted by molar-refractivity contribution is 5.84. The lowest BCUT2D eigenvalue weighted by atomic mass is 10.2. The van der Waals surface area contributed by atoms with E-state index in [0.717, 1.165) is 6.42 Å². The van der Waals surface area contributed by atoms with Crippen molar-refractivity contribution in [3.8, 4) is 11.8 Å². The van der Waals surface area contributed by atoms with E-state index in [0.29, 0.717) is 17.2 Å². The third-order valence-corrected chi connectivity index (χ3v) is 3.81. The summed E-state index contributed by atoms with van der Waals surface area (Å²) in [7, 11) is 0. The van der Waals surface area contributed by atoms with Crippen LogP contribution in [0.15, 0.2) is 24.3 Å². The van der Waals surface area contributed by atoms with Gasteiger partial charge in [0, 0.05) is 18.9 Å². The predicted octanol–water partition coefficient (Wildman–Crippen LogP) is 0.247. The molecule has 0 aliphatic heterocycles. The van der Waals surface area contributed by atoms with E-state index in [1.54, 1.807) is 24.3 Å². The topological polar surface area (TPSA) is 120 Å². The number of nitriles is 1. The van der Waals surface area contributed by atoms with E-state index < -0.39 is 11.8 Å². The van der Waals surface area contributed by atoms with Crippen LogP contribution in [-0.2, 0) is 14.4 Å². The molecular weight excluding hydrogens is 324 g/mol. The highest BCUT2D eigenvalue weighted by Gasteiger charge is 2.38. The van der Waals surface area contributed by atoms with Crippen molar-refractivity contribution in [3.05, 3.63) is 29.8 Å². The lowest BCUT2D eigenvalue weighted by Crippen LogP contribution is -2.44. The number of hydrogen-bond acceptors (Lipinski definition) is 5. The average molecular weight is 344 g/mol. The second-order valence-corrected chi connectivity index (χ2v) is 5.85. The molecule has 0 aromatic heterocycles. The van der Waals surface area contributed by atoms with Gasteiger partial charge in [0.15, 0.2) is 6.61 Å². The molecule has 0 bridgehead atoms. The summed E-state index contributed by atoms with van der Waals surface area (Å²) >= 11 is 0. The van der Waals surface area contributed by atoms with Gasteiger partial charge in [0.1, 0.15) is 11.8 Å². The van der Waals surface area contributed by atoms with Crippen molar-refractivity contribution in [1.82, 2.24) is 16.2 Å². The zero-order chi connectivity index (χ0) is 18.2. The molecule has 1 aromatic carbocycles. The third kappa shape index (κ3) is 5.80. The number of benzene rings is 1. The Balaban J connectivity index is 1.60. The van der Waals surface area contributed by atoms with Gasteiger partial charge in [-0.05, 0) is 24.5 Å². The van der Waals surface area contributed by atoms with Gasteiger partial charge in [0.05, 0.1) is 5.56 Å². The Morgan fingerprint density at radius 1 is 1.24 bits per heavy atom. The van der Waals surface area contributed by atoms with Gasteiger partial charge in [-0.15, -0.1) is 0 Å². The van der Waals surface area contributed by atoms with Crippen molar-refractivity contribution in [2.75, 3.05) is 13.2 Å². The molecule has 3 N–H and O–H groups in total. The lowest BCUT2D eigenvalue weighted by Gasteiger charge is -2.10. The number of hydrazine groups is 1. The lowest BCUT2D eigenvalue weighted by molar-refractivity contribution is -0.130. The monoisotopic (exact) mass is 344 g/mol. The number of para-hydroxylation sites is 1. The highest BCUT2D eigenvalue weighted by Crippen LogP contribution is 2.37. The molecule has 25 heavy (non-hydrogen) atoms. The fraction of sp³-hybridized carbons (Fsp3) is 0.412. The standard InChI is InChI=1S/C17H20N4O4/c1-11-8-13(11)17(24)19-7-6-15(22)20-21-16(23)10-25-14-5-3-2-4-12(14)9-18/h2-5,11,13H,6-8,10H2,1H3,(H,19,24)(H,20,22)(H,21,23). The van der Waals surface area contributed by atoms with Crippen LogP contribution < -0.4 is 20.9 Å². The molecule has 0 saturated heterocycles. The largest absolute Gasteiger partial charge is 0.482 e. The first-order chi connectivity index (χ1) is 12.0. The number of nitrogens with zero attached hydrogens (tertiary/aromatic N) is 1. The third-order valence-electron chi connectivity index (χ3n) is 3.81. The maximum absolute atomic E-state index is 11.6. The minimum atomic E-state index is -0.558. The molecule has 1 saturated carbocycles. The van der Waals surface area contributed by atoms with Crippen molar-refractivity contribution >= 4 is 17.7 Å². The smallest absolute Gasteiger partial charge is 0.276 e. The maximum atomic E-state index is 11.6. The van der Waals surface area contributed by atoms with E-state index in [1.807, 2.05) is 13.0 Å². The number of ether oxygens (including phenoxy) is 1. The van der Waals surface area contributed by atoms with Gasteiger partial charge in [-0.3, -0.25) is 25.2 Å². The molecule has 8 heteroatoms. The number of carbonyl (C=O) groups is 3. The summed E-state index contributed by atoms with van der Waals surface area (Å²) in [5.74, 6) is -0.236. The summed E-state index contributed by atoms with van der Waals surface area (Å²) in [6.45, 7) is 1.88. The first kappa shape index (κ1) is 18.3. The van der Waals surface area contributed by atoms with E-state index in [1.165, 1.54) is 0 Å². The van der Waals surface area contributed by atoms with Gasteiger partial charge < -0.3 is 10.1 Å². The fourth-order valence-corrected chi connectivity index (χ4v) is 2.18. The Hall–Kier alpha value is -3.08. The molecule has 2 atom stereocenters. The van der Waals surface area contributed by atoms with Gasteiger partial charge in [-0.25, -0.2) is 0 Å². The summed E-state index contributed by atoms with van der Waals surface area (Å²) in [6, 6.07) is 8.48. The second kappa shape index (κ2) is 8.68. The highest BCUT2D eigenvalue weighted by atomic mass is 16.5. The number of hydrogen-bond donors (Lipinski definition) is 3. The SMILES string of the molecule is CC1CC1C(=O)NCCC(=O)NNC(=O)COc1ccccc1C#N. The molecule has 0 radical (unpaired) electrons. The van der Waals surface area contributed by atoms with Crippen LogP contribution >= 0.6 is 0 Å². The Labute approximate surface area is 145 Å². The summed E-state index contributed by atoms with van der Waals surface area (Å²) in [6.07, 6.45) is 0.953. The number of nitrogens with one attached hydrogen (secondary N) is 3. The van der Waals surface area contributed by atoms with Crippen molar-refractivity contribution in [2.24, 2.45) is 11.8 Å². The molecule has 8 nitrogen and oxygen atoms in total. The van der Waals surface area contributed by atoms with Crippen LogP contribution in [0.1, 0.15) is 25.3 Å². The van der Waals surface area contributed by atoms with Gasteiger partial charge in [0.2, 0.25) is 11.8 Å². The first-order valence-electron chi connectivity index (χ1n) is 7.98. The molecule has 2 rings (SSSR count). The Bertz CT molecular complexity index is 698. The molecule has 0 spiro atoms. The first-order valence-corrected chi connectivity index (χ1v) is 7.98. The van der Waals surface area contributed by atoms with E-state index in [-0.39, 0.29) is 31.4 Å². The molecule has 132 valence electrons. The van der Waals surface area contributed by atoms with Crippen LogP contribution in [0.5, 0.6) is 5.75 Å². The number of amides is 3. The minimum Gasteiger partial charge on any atom is -0.482 e. The van der Waals surface area contributed by atoms with E-state index in [9.17, 15) is 14.4 Å². The molecule has 1 aliphatic rings. The summed E-state index contributed by atoms with van der Waals surface area (Å²) in [5.41, 5.74) is 4.77. The van der Waals surface area contributed by atoms with Crippen molar-refractivity contribution in [1.29, 1.82) is 5.26 Å². The molecule has 1 aliphatic carbocycles. The quantitative estimate of drug-likeness (QED) is 0.612. The fourth-order valence-electron chi connectivity index (χ4n) is 2.18.